The van der Waals surface area contributed by atoms with Crippen LogP contribution in [0.5, 0.6) is 0 Å². The van der Waals surface area contributed by atoms with E-state index in [1.54, 1.807) is 17.3 Å². The van der Waals surface area contributed by atoms with E-state index < -0.39 is 0 Å². The Morgan fingerprint density at radius 1 is 1.33 bits per heavy atom. The largest absolute Gasteiger partial charge is 0.313 e. The average molecular weight is 202 g/mol. The Labute approximate surface area is 89.0 Å². The second-order valence-corrected chi connectivity index (χ2v) is 3.41. The number of rotatable bonds is 3. The third-order valence-electron chi connectivity index (χ3n) is 2.50. The first-order valence-corrected chi connectivity index (χ1v) is 4.94. The summed E-state index contributed by atoms with van der Waals surface area (Å²) >= 11 is 0. The molecule has 0 amide bonds. The summed E-state index contributed by atoms with van der Waals surface area (Å²) < 4.78 is 1.78. The number of nitrogens with one attached hydrogen (secondary N) is 1. The molecule has 0 fully saturated rings. The van der Waals surface area contributed by atoms with Crippen LogP contribution in [0.2, 0.25) is 0 Å². The fraction of sp³-hybridized carbons (Fsp3) is 0.273. The predicted molar refractivity (Wildman–Crippen MR) is 58.8 cm³/mol. The Kier molecular flexibility index (Phi) is 2.78. The predicted octanol–water partition coefficient (Wildman–Crippen LogP) is 1.55. The number of hydrogen-bond donors (Lipinski definition) is 1. The van der Waals surface area contributed by atoms with Crippen molar-refractivity contribution in [3.63, 3.8) is 0 Å². The molecule has 1 heterocycles. The molecule has 0 spiro atoms. The fourth-order valence-corrected chi connectivity index (χ4v) is 1.55. The van der Waals surface area contributed by atoms with E-state index in [0.717, 1.165) is 5.69 Å². The molecule has 78 valence electrons. The van der Waals surface area contributed by atoms with Gasteiger partial charge in [-0.05, 0) is 25.6 Å². The second-order valence-electron chi connectivity index (χ2n) is 3.41. The standard InChI is InChI=1S/C11H14N4/c1-9(12-2)10-5-3-4-6-11(10)15-8-13-7-14-15/h3-9,12H,1-2H3. The van der Waals surface area contributed by atoms with Gasteiger partial charge in [-0.15, -0.1) is 0 Å². The molecular weight excluding hydrogens is 188 g/mol. The molecule has 4 heteroatoms. The number of hydrogen-bond acceptors (Lipinski definition) is 3. The number of nitrogens with zero attached hydrogens (tertiary/aromatic N) is 3. The Morgan fingerprint density at radius 3 is 2.80 bits per heavy atom. The molecule has 0 aliphatic rings. The van der Waals surface area contributed by atoms with Crippen molar-refractivity contribution >= 4 is 0 Å². The zero-order chi connectivity index (χ0) is 10.7. The van der Waals surface area contributed by atoms with Gasteiger partial charge in [-0.1, -0.05) is 18.2 Å². The molecule has 1 atom stereocenters. The SMILES string of the molecule is CNC(C)c1ccccc1-n1cncn1. The van der Waals surface area contributed by atoms with Crippen molar-refractivity contribution in [2.45, 2.75) is 13.0 Å². The molecule has 15 heavy (non-hydrogen) atoms. The molecule has 2 aromatic rings. The highest BCUT2D eigenvalue weighted by Crippen LogP contribution is 2.19. The molecule has 0 aliphatic carbocycles. The van der Waals surface area contributed by atoms with Gasteiger partial charge in [-0.25, -0.2) is 9.67 Å². The summed E-state index contributed by atoms with van der Waals surface area (Å²) in [5.41, 5.74) is 2.28. The quantitative estimate of drug-likeness (QED) is 0.821. The molecule has 1 aromatic heterocycles. The fourth-order valence-electron chi connectivity index (χ4n) is 1.55. The maximum absolute atomic E-state index is 4.14. The lowest BCUT2D eigenvalue weighted by Gasteiger charge is -2.14. The molecule has 0 saturated heterocycles. The van der Waals surface area contributed by atoms with Gasteiger partial charge < -0.3 is 5.32 Å². The third kappa shape index (κ3) is 1.89. The minimum atomic E-state index is 0.297. The van der Waals surface area contributed by atoms with Crippen molar-refractivity contribution in [3.8, 4) is 5.69 Å². The first-order chi connectivity index (χ1) is 7.33. The van der Waals surface area contributed by atoms with Crippen LogP contribution >= 0.6 is 0 Å². The van der Waals surface area contributed by atoms with Gasteiger partial charge in [-0.3, -0.25) is 0 Å². The van der Waals surface area contributed by atoms with Gasteiger partial charge >= 0.3 is 0 Å². The van der Waals surface area contributed by atoms with Crippen molar-refractivity contribution in [1.82, 2.24) is 20.1 Å². The highest BCUT2D eigenvalue weighted by atomic mass is 15.3. The minimum absolute atomic E-state index is 0.297. The van der Waals surface area contributed by atoms with Gasteiger partial charge in [0.05, 0.1) is 5.69 Å². The zero-order valence-corrected chi connectivity index (χ0v) is 8.88. The summed E-state index contributed by atoms with van der Waals surface area (Å²) in [6.07, 6.45) is 3.25. The topological polar surface area (TPSA) is 42.7 Å². The van der Waals surface area contributed by atoms with Crippen molar-refractivity contribution in [2.24, 2.45) is 0 Å². The van der Waals surface area contributed by atoms with Gasteiger partial charge in [0.15, 0.2) is 0 Å². The van der Waals surface area contributed by atoms with E-state index in [1.165, 1.54) is 5.56 Å². The van der Waals surface area contributed by atoms with Crippen LogP contribution in [0.3, 0.4) is 0 Å². The van der Waals surface area contributed by atoms with Crippen LogP contribution in [-0.4, -0.2) is 21.8 Å². The van der Waals surface area contributed by atoms with E-state index in [1.807, 2.05) is 25.2 Å². The monoisotopic (exact) mass is 202 g/mol. The van der Waals surface area contributed by atoms with Crippen molar-refractivity contribution in [3.05, 3.63) is 42.5 Å². The van der Waals surface area contributed by atoms with Crippen molar-refractivity contribution in [2.75, 3.05) is 7.05 Å². The lowest BCUT2D eigenvalue weighted by Crippen LogP contribution is -2.15. The molecule has 4 nitrogen and oxygen atoms in total. The zero-order valence-electron chi connectivity index (χ0n) is 8.88. The van der Waals surface area contributed by atoms with Crippen molar-refractivity contribution < 1.29 is 0 Å². The molecule has 0 radical (unpaired) electrons. The number of para-hydroxylation sites is 1. The van der Waals surface area contributed by atoms with Crippen LogP contribution < -0.4 is 5.32 Å². The molecule has 1 aromatic carbocycles. The molecule has 1 N–H and O–H groups in total. The minimum Gasteiger partial charge on any atom is -0.313 e. The van der Waals surface area contributed by atoms with Crippen LogP contribution in [0.25, 0.3) is 5.69 Å². The van der Waals surface area contributed by atoms with Gasteiger partial charge in [-0.2, -0.15) is 5.10 Å². The van der Waals surface area contributed by atoms with E-state index in [2.05, 4.69) is 28.4 Å². The van der Waals surface area contributed by atoms with Crippen LogP contribution in [0.1, 0.15) is 18.5 Å². The van der Waals surface area contributed by atoms with Gasteiger partial charge in [0, 0.05) is 6.04 Å². The average Bonchev–Trinajstić information content (AvgIpc) is 2.81. The molecular formula is C11H14N4. The summed E-state index contributed by atoms with van der Waals surface area (Å²) in [6, 6.07) is 8.47. The Balaban J connectivity index is 2.47. The number of aromatic nitrogens is 3. The van der Waals surface area contributed by atoms with E-state index >= 15 is 0 Å². The van der Waals surface area contributed by atoms with E-state index in [0.29, 0.717) is 6.04 Å². The van der Waals surface area contributed by atoms with E-state index in [-0.39, 0.29) is 0 Å². The van der Waals surface area contributed by atoms with E-state index in [9.17, 15) is 0 Å². The lowest BCUT2D eigenvalue weighted by atomic mass is 10.1. The summed E-state index contributed by atoms with van der Waals surface area (Å²) in [5, 5.41) is 7.36. The third-order valence-corrected chi connectivity index (χ3v) is 2.50. The first kappa shape index (κ1) is 9.86. The normalized spacial score (nSPS) is 12.7. The Hall–Kier alpha value is -1.68. The summed E-state index contributed by atoms with van der Waals surface area (Å²) in [6.45, 7) is 2.12. The second kappa shape index (κ2) is 4.23. The Morgan fingerprint density at radius 2 is 2.13 bits per heavy atom. The Bertz CT molecular complexity index is 422. The van der Waals surface area contributed by atoms with E-state index in [4.69, 9.17) is 0 Å². The first-order valence-electron chi connectivity index (χ1n) is 4.94. The van der Waals surface area contributed by atoms with Crippen LogP contribution in [-0.2, 0) is 0 Å². The van der Waals surface area contributed by atoms with Gasteiger partial charge in [0.25, 0.3) is 0 Å². The molecule has 0 bridgehead atoms. The lowest BCUT2D eigenvalue weighted by molar-refractivity contribution is 0.644. The summed E-state index contributed by atoms with van der Waals surface area (Å²) in [7, 11) is 1.95. The summed E-state index contributed by atoms with van der Waals surface area (Å²) in [5.74, 6) is 0. The highest BCUT2D eigenvalue weighted by molar-refractivity contribution is 5.41. The van der Waals surface area contributed by atoms with Gasteiger partial charge in [0.2, 0.25) is 0 Å². The van der Waals surface area contributed by atoms with Crippen molar-refractivity contribution in [1.29, 1.82) is 0 Å². The molecule has 2 rings (SSSR count). The molecule has 1 unspecified atom stereocenters. The molecule has 0 saturated carbocycles. The highest BCUT2D eigenvalue weighted by Gasteiger charge is 2.09. The summed E-state index contributed by atoms with van der Waals surface area (Å²) in [4.78, 5) is 3.96. The maximum atomic E-state index is 4.14. The van der Waals surface area contributed by atoms with Crippen LogP contribution in [0.15, 0.2) is 36.9 Å². The number of benzene rings is 1. The molecule has 0 aliphatic heterocycles. The maximum Gasteiger partial charge on any atom is 0.138 e. The smallest absolute Gasteiger partial charge is 0.138 e. The van der Waals surface area contributed by atoms with Gasteiger partial charge in [0.1, 0.15) is 12.7 Å². The van der Waals surface area contributed by atoms with Crippen LogP contribution in [0.4, 0.5) is 0 Å². The van der Waals surface area contributed by atoms with Crippen LogP contribution in [0, 0.1) is 0 Å².